The molecule has 1 aliphatic rings. The third kappa shape index (κ3) is 8.11. The number of hydrogen-bond acceptors (Lipinski definition) is 4. The van der Waals surface area contributed by atoms with Gasteiger partial charge in [0.1, 0.15) is 5.82 Å². The molecule has 2 aromatic heterocycles. The first-order valence-electron chi connectivity index (χ1n) is 22.8. The van der Waals surface area contributed by atoms with Gasteiger partial charge < -0.3 is 18.9 Å². The molecule has 8 aromatic carbocycles. The maximum atomic E-state index is 6.92. The summed E-state index contributed by atoms with van der Waals surface area (Å²) in [6.45, 7) is 10.9. The Kier molecular flexibility index (Phi) is 12.0. The standard InChI is InChI=1S/C60H48BN5O.Pt/c1-42-21-17-22-43(2)57(42)61-65(47-27-13-8-14-28-47)56-35-20-36-62-59(56)66(61)49-37-46(60(3,4)5)38-51(40-49)67-50-30-18-29-48(39-50)63-41-64(55-34-16-15-33-54(55)63)58-52(44-23-9-6-10-24-44)31-19-32-53(58)45-25-11-7-12-26-45;/h6-38H,1-5H3;/q-2;. The maximum absolute atomic E-state index is 6.92. The van der Waals surface area contributed by atoms with Crippen LogP contribution in [-0.2, 0) is 26.5 Å². The van der Waals surface area contributed by atoms with Gasteiger partial charge in [-0.15, -0.1) is 35.9 Å². The number of para-hydroxylation sites is 4. The van der Waals surface area contributed by atoms with Gasteiger partial charge >= 0.3 is 6.98 Å². The number of rotatable bonds is 9. The molecule has 0 amide bonds. The number of pyridine rings is 1. The van der Waals surface area contributed by atoms with Crippen molar-refractivity contribution in [3.05, 3.63) is 235 Å². The zero-order valence-corrected chi connectivity index (χ0v) is 40.9. The van der Waals surface area contributed by atoms with Crippen molar-refractivity contribution < 1.29 is 30.4 Å². The normalized spacial score (nSPS) is 12.3. The second-order valence-corrected chi connectivity index (χ2v) is 18.2. The molecule has 10 aromatic rings. The number of benzene rings is 8. The molecule has 0 saturated carbocycles. The average Bonchev–Trinajstić information content (AvgIpc) is 3.91. The third-order valence-corrected chi connectivity index (χ3v) is 12.7. The van der Waals surface area contributed by atoms with Gasteiger partial charge in [0.05, 0.1) is 22.4 Å². The van der Waals surface area contributed by atoms with Crippen LogP contribution in [-0.4, -0.2) is 16.5 Å². The maximum Gasteiger partial charge on any atom is 0.420 e. The molecule has 0 spiro atoms. The summed E-state index contributed by atoms with van der Waals surface area (Å²) in [5.41, 5.74) is 15.8. The summed E-state index contributed by atoms with van der Waals surface area (Å²) >= 11 is 0. The van der Waals surface area contributed by atoms with Gasteiger partial charge in [-0.05, 0) is 76.9 Å². The topological polar surface area (TPSA) is 37.4 Å². The average molecular weight is 1060 g/mol. The van der Waals surface area contributed by atoms with Gasteiger partial charge in [0, 0.05) is 44.4 Å². The van der Waals surface area contributed by atoms with E-state index in [9.17, 15) is 0 Å². The smallest absolute Gasteiger partial charge is 0.420 e. The van der Waals surface area contributed by atoms with Gasteiger partial charge in [0.15, 0.2) is 0 Å². The van der Waals surface area contributed by atoms with Crippen LogP contribution in [0.25, 0.3) is 44.7 Å². The van der Waals surface area contributed by atoms with Crippen LogP contribution in [0.3, 0.4) is 0 Å². The van der Waals surface area contributed by atoms with E-state index < -0.39 is 0 Å². The summed E-state index contributed by atoms with van der Waals surface area (Å²) in [5.74, 6) is 2.01. The van der Waals surface area contributed by atoms with Crippen LogP contribution in [0.1, 0.15) is 37.5 Å². The van der Waals surface area contributed by atoms with Crippen molar-refractivity contribution in [2.45, 2.75) is 40.0 Å². The van der Waals surface area contributed by atoms with E-state index >= 15 is 0 Å². The largest absolute Gasteiger partial charge is 0.510 e. The quantitative estimate of drug-likeness (QED) is 0.0820. The molecule has 11 rings (SSSR count). The van der Waals surface area contributed by atoms with Crippen molar-refractivity contribution in [3.8, 4) is 45.1 Å². The van der Waals surface area contributed by atoms with Gasteiger partial charge in [-0.3, -0.25) is 4.57 Å². The summed E-state index contributed by atoms with van der Waals surface area (Å²) in [6.07, 6.45) is 5.66. The minimum atomic E-state index is -0.249. The Bertz CT molecular complexity index is 3350. The van der Waals surface area contributed by atoms with E-state index in [2.05, 4.69) is 248 Å². The fourth-order valence-corrected chi connectivity index (χ4v) is 9.51. The summed E-state index contributed by atoms with van der Waals surface area (Å²) in [5, 5.41) is 0. The second-order valence-electron chi connectivity index (χ2n) is 18.2. The van der Waals surface area contributed by atoms with Crippen LogP contribution in [0, 0.1) is 32.3 Å². The van der Waals surface area contributed by atoms with Crippen molar-refractivity contribution in [1.29, 1.82) is 0 Å². The Labute approximate surface area is 414 Å². The predicted molar refractivity (Wildman–Crippen MR) is 274 cm³/mol. The Hall–Kier alpha value is -7.47. The first kappa shape index (κ1) is 44.4. The fourth-order valence-electron chi connectivity index (χ4n) is 9.51. The molecule has 3 heterocycles. The van der Waals surface area contributed by atoms with Gasteiger partial charge in [-0.2, -0.15) is 12.1 Å². The fraction of sp³-hybridized carbons (Fsp3) is 0.100. The number of imidazole rings is 1. The molecule has 0 radical (unpaired) electrons. The molecule has 0 saturated heterocycles. The van der Waals surface area contributed by atoms with E-state index in [1.807, 2.05) is 24.4 Å². The number of ether oxygens (including phenoxy) is 1. The van der Waals surface area contributed by atoms with E-state index in [0.29, 0.717) is 11.5 Å². The molecular weight excluding hydrogens is 1010 g/mol. The predicted octanol–water partition coefficient (Wildman–Crippen LogP) is 13.4. The van der Waals surface area contributed by atoms with Crippen LogP contribution >= 0.6 is 0 Å². The Morgan fingerprint density at radius 3 is 1.85 bits per heavy atom. The minimum Gasteiger partial charge on any atom is -0.510 e. The molecular formula is C60H48BN5OPt-2. The van der Waals surface area contributed by atoms with E-state index in [-0.39, 0.29) is 33.5 Å². The van der Waals surface area contributed by atoms with Crippen molar-refractivity contribution >= 4 is 46.4 Å². The van der Waals surface area contributed by atoms with Gasteiger partial charge in [-0.1, -0.05) is 177 Å². The zero-order valence-electron chi connectivity index (χ0n) is 38.6. The monoisotopic (exact) mass is 1060 g/mol. The number of aromatic nitrogens is 3. The van der Waals surface area contributed by atoms with Crippen molar-refractivity contribution in [3.63, 3.8) is 0 Å². The second kappa shape index (κ2) is 18.3. The zero-order chi connectivity index (χ0) is 45.6. The summed E-state index contributed by atoms with van der Waals surface area (Å²) in [6, 6.07) is 75.2. The molecule has 8 heteroatoms. The van der Waals surface area contributed by atoms with Gasteiger partial charge in [0.2, 0.25) is 0 Å². The van der Waals surface area contributed by atoms with E-state index in [0.717, 1.165) is 73.1 Å². The van der Waals surface area contributed by atoms with Crippen LogP contribution in [0.2, 0.25) is 0 Å². The molecule has 0 bridgehead atoms. The summed E-state index contributed by atoms with van der Waals surface area (Å²) in [4.78, 5) is 9.81. The van der Waals surface area contributed by atoms with E-state index in [4.69, 9.17) is 9.72 Å². The Morgan fingerprint density at radius 1 is 0.574 bits per heavy atom. The minimum absolute atomic E-state index is 0. The first-order valence-corrected chi connectivity index (χ1v) is 22.8. The SMILES string of the molecule is Cc1cccc(C)c1B1N(c2ccccc2)c2cccnc2N1c1[c-]c(Oc2[c-]c(-n3[c-][n+](-c4c(-c5ccccc5)cccc4-c4ccccc4)c4ccccc43)ccc2)cc(C(C)(C)C)c1.[Pt]. The van der Waals surface area contributed by atoms with Crippen LogP contribution in [0.4, 0.5) is 22.9 Å². The number of nitrogens with zero attached hydrogens (tertiary/aromatic N) is 5. The Balaban J connectivity index is 0.00000539. The number of hydrogen-bond donors (Lipinski definition) is 0. The molecule has 1 aliphatic heterocycles. The molecule has 68 heavy (non-hydrogen) atoms. The van der Waals surface area contributed by atoms with Crippen LogP contribution in [0.15, 0.2) is 200 Å². The number of aryl methyl sites for hydroxylation is 2. The number of fused-ring (bicyclic) bond motifs is 2. The van der Waals surface area contributed by atoms with Crippen LogP contribution in [0.5, 0.6) is 11.5 Å². The van der Waals surface area contributed by atoms with Crippen molar-refractivity contribution in [2.24, 2.45) is 0 Å². The molecule has 0 N–H and O–H groups in total. The molecule has 0 unspecified atom stereocenters. The van der Waals surface area contributed by atoms with Crippen molar-refractivity contribution in [2.75, 3.05) is 9.62 Å². The molecule has 0 atom stereocenters. The summed E-state index contributed by atoms with van der Waals surface area (Å²) < 4.78 is 11.2. The van der Waals surface area contributed by atoms with Gasteiger partial charge in [0.25, 0.3) is 6.33 Å². The molecule has 334 valence electrons. The Morgan fingerprint density at radius 2 is 1.18 bits per heavy atom. The van der Waals surface area contributed by atoms with E-state index in [1.54, 1.807) is 0 Å². The van der Waals surface area contributed by atoms with Crippen LogP contribution < -0.4 is 24.4 Å². The first-order chi connectivity index (χ1) is 32.7. The van der Waals surface area contributed by atoms with Gasteiger partial charge in [-0.25, -0.2) is 4.98 Å². The molecule has 6 nitrogen and oxygen atoms in total. The molecule has 0 aliphatic carbocycles. The third-order valence-electron chi connectivity index (χ3n) is 12.7. The van der Waals surface area contributed by atoms with Crippen molar-refractivity contribution in [1.82, 2.24) is 9.55 Å². The summed E-state index contributed by atoms with van der Waals surface area (Å²) in [7, 11) is 0. The molecule has 0 fully saturated rings. The number of anilines is 4. The van der Waals surface area contributed by atoms with E-state index in [1.165, 1.54) is 16.6 Å².